The van der Waals surface area contributed by atoms with Crippen LogP contribution in [0.4, 0.5) is 5.69 Å². The zero-order valence-corrected chi connectivity index (χ0v) is 25.6. The van der Waals surface area contributed by atoms with Gasteiger partial charge in [0.25, 0.3) is 10.0 Å². The largest absolute Gasteiger partial charge is 0.497 e. The van der Waals surface area contributed by atoms with Gasteiger partial charge in [0, 0.05) is 18.0 Å². The third-order valence-electron chi connectivity index (χ3n) is 6.37. The van der Waals surface area contributed by atoms with E-state index in [9.17, 15) is 18.0 Å². The number of carbonyl (C=O) groups excluding carboxylic acids is 2. The monoisotopic (exact) mass is 599 g/mol. The quantitative estimate of drug-likeness (QED) is 0.271. The van der Waals surface area contributed by atoms with E-state index in [0.29, 0.717) is 30.3 Å². The number of amides is 2. The highest BCUT2D eigenvalue weighted by Crippen LogP contribution is 2.28. The maximum atomic E-state index is 14.0. The van der Waals surface area contributed by atoms with Crippen molar-refractivity contribution in [2.24, 2.45) is 0 Å². The van der Waals surface area contributed by atoms with Crippen LogP contribution in [0.15, 0.2) is 82.6 Å². The van der Waals surface area contributed by atoms with Gasteiger partial charge in [-0.3, -0.25) is 13.9 Å². The highest BCUT2D eigenvalue weighted by molar-refractivity contribution is 7.98. The van der Waals surface area contributed by atoms with Crippen molar-refractivity contribution in [3.63, 3.8) is 0 Å². The Morgan fingerprint density at radius 1 is 0.976 bits per heavy atom. The summed E-state index contributed by atoms with van der Waals surface area (Å²) >= 11 is 1.50. The predicted molar refractivity (Wildman–Crippen MR) is 162 cm³/mol. The van der Waals surface area contributed by atoms with Gasteiger partial charge in [0.2, 0.25) is 11.8 Å². The fraction of sp³-hybridized carbons (Fsp3) is 0.333. The van der Waals surface area contributed by atoms with E-state index in [2.05, 4.69) is 5.32 Å². The lowest BCUT2D eigenvalue weighted by molar-refractivity contribution is -0.139. The fourth-order valence-corrected chi connectivity index (χ4v) is 5.97. The molecular weight excluding hydrogens is 562 g/mol. The summed E-state index contributed by atoms with van der Waals surface area (Å²) in [5.41, 5.74) is 1.03. The lowest BCUT2D eigenvalue weighted by Gasteiger charge is -2.32. The molecule has 0 saturated heterocycles. The summed E-state index contributed by atoms with van der Waals surface area (Å²) < 4.78 is 39.9. The molecule has 3 rings (SSSR count). The molecule has 0 bridgehead atoms. The number of nitrogens with one attached hydrogen (secondary N) is 1. The third kappa shape index (κ3) is 8.17. The van der Waals surface area contributed by atoms with Gasteiger partial charge in [0.05, 0.1) is 24.3 Å². The van der Waals surface area contributed by atoms with Crippen LogP contribution in [0.1, 0.15) is 26.3 Å². The van der Waals surface area contributed by atoms with Gasteiger partial charge in [0.1, 0.15) is 24.1 Å². The zero-order valence-electron chi connectivity index (χ0n) is 24.0. The Hall–Kier alpha value is -3.70. The van der Waals surface area contributed by atoms with E-state index < -0.39 is 28.5 Å². The Kier molecular flexibility index (Phi) is 11.5. The van der Waals surface area contributed by atoms with Crippen LogP contribution in [-0.4, -0.2) is 64.2 Å². The molecule has 3 aromatic carbocycles. The maximum absolute atomic E-state index is 14.0. The minimum Gasteiger partial charge on any atom is -0.497 e. The number of ether oxygens (including phenoxy) is 2. The number of thioether (sulfide) groups is 1. The highest BCUT2D eigenvalue weighted by atomic mass is 32.2. The Morgan fingerprint density at radius 2 is 1.66 bits per heavy atom. The number of anilines is 1. The van der Waals surface area contributed by atoms with E-state index in [1.807, 2.05) is 19.2 Å². The van der Waals surface area contributed by atoms with E-state index in [4.69, 9.17) is 9.47 Å². The van der Waals surface area contributed by atoms with Crippen molar-refractivity contribution >= 4 is 39.3 Å². The molecule has 1 unspecified atom stereocenters. The van der Waals surface area contributed by atoms with Gasteiger partial charge in [0.15, 0.2) is 0 Å². The first kappa shape index (κ1) is 31.8. The van der Waals surface area contributed by atoms with Crippen LogP contribution < -0.4 is 19.1 Å². The minimum absolute atomic E-state index is 0.0492. The van der Waals surface area contributed by atoms with Crippen LogP contribution in [0.5, 0.6) is 11.5 Å². The molecule has 0 saturated carbocycles. The molecule has 0 aromatic heterocycles. The third-order valence-corrected chi connectivity index (χ3v) is 8.90. The fourth-order valence-electron chi connectivity index (χ4n) is 4.15. The zero-order chi connectivity index (χ0) is 30.0. The SMILES string of the molecule is CCNC(=O)C(C)N(Cc1cccc(OC)c1)C(=O)CN(c1ccc(OCC)cc1)S(=O)(=O)c1ccc(SC)cc1. The molecule has 41 heavy (non-hydrogen) atoms. The van der Waals surface area contributed by atoms with Crippen molar-refractivity contribution < 1.29 is 27.5 Å². The van der Waals surface area contributed by atoms with Crippen molar-refractivity contribution in [1.29, 1.82) is 0 Å². The van der Waals surface area contributed by atoms with Crippen molar-refractivity contribution in [3.05, 3.63) is 78.4 Å². The van der Waals surface area contributed by atoms with Gasteiger partial charge >= 0.3 is 0 Å². The van der Waals surface area contributed by atoms with Crippen molar-refractivity contribution in [2.45, 2.75) is 43.1 Å². The Labute approximate surface area is 246 Å². The second kappa shape index (κ2) is 14.8. The Balaban J connectivity index is 2.04. The molecule has 11 heteroatoms. The Bertz CT molecular complexity index is 1410. The van der Waals surface area contributed by atoms with Gasteiger partial charge in [-0.25, -0.2) is 8.42 Å². The summed E-state index contributed by atoms with van der Waals surface area (Å²) in [7, 11) is -2.61. The molecular formula is C30H37N3O6S2. The average molecular weight is 600 g/mol. The first-order chi connectivity index (χ1) is 19.6. The first-order valence-electron chi connectivity index (χ1n) is 13.2. The van der Waals surface area contributed by atoms with E-state index in [0.717, 1.165) is 14.8 Å². The van der Waals surface area contributed by atoms with E-state index in [1.54, 1.807) is 75.6 Å². The maximum Gasteiger partial charge on any atom is 0.264 e. The molecule has 0 aliphatic carbocycles. The molecule has 0 fully saturated rings. The molecule has 0 aliphatic rings. The number of benzene rings is 3. The normalized spacial score (nSPS) is 11.8. The number of hydrogen-bond acceptors (Lipinski definition) is 7. The van der Waals surface area contributed by atoms with Gasteiger partial charge in [-0.1, -0.05) is 12.1 Å². The molecule has 0 aliphatic heterocycles. The number of nitrogens with zero attached hydrogens (tertiary/aromatic N) is 2. The van der Waals surface area contributed by atoms with Crippen LogP contribution >= 0.6 is 11.8 Å². The van der Waals surface area contributed by atoms with Crippen LogP contribution in [0, 0.1) is 0 Å². The van der Waals surface area contributed by atoms with Crippen LogP contribution in [0.3, 0.4) is 0 Å². The lowest BCUT2D eigenvalue weighted by atomic mass is 10.1. The summed E-state index contributed by atoms with van der Waals surface area (Å²) in [4.78, 5) is 29.2. The molecule has 220 valence electrons. The highest BCUT2D eigenvalue weighted by Gasteiger charge is 2.32. The summed E-state index contributed by atoms with van der Waals surface area (Å²) in [6, 6.07) is 19.3. The molecule has 2 amide bonds. The van der Waals surface area contributed by atoms with E-state index >= 15 is 0 Å². The van der Waals surface area contributed by atoms with Crippen LogP contribution in [0.25, 0.3) is 0 Å². The summed E-state index contributed by atoms with van der Waals surface area (Å²) in [6.07, 6.45) is 1.90. The molecule has 0 spiro atoms. The summed E-state index contributed by atoms with van der Waals surface area (Å²) in [6.45, 7) is 5.68. The molecule has 0 radical (unpaired) electrons. The topological polar surface area (TPSA) is 105 Å². The second-order valence-corrected chi connectivity index (χ2v) is 11.8. The number of rotatable bonds is 14. The van der Waals surface area contributed by atoms with Crippen LogP contribution in [0.2, 0.25) is 0 Å². The molecule has 3 aromatic rings. The predicted octanol–water partition coefficient (Wildman–Crippen LogP) is 4.56. The van der Waals surface area contributed by atoms with Crippen molar-refractivity contribution in [2.75, 3.05) is 37.4 Å². The number of hydrogen-bond donors (Lipinski definition) is 1. The number of methoxy groups -OCH3 is 1. The van der Waals surface area contributed by atoms with Crippen LogP contribution in [-0.2, 0) is 26.2 Å². The van der Waals surface area contributed by atoms with Crippen molar-refractivity contribution in [1.82, 2.24) is 10.2 Å². The lowest BCUT2D eigenvalue weighted by Crippen LogP contribution is -2.51. The summed E-state index contributed by atoms with van der Waals surface area (Å²) in [5.74, 6) is 0.304. The molecule has 9 nitrogen and oxygen atoms in total. The Morgan fingerprint density at radius 3 is 2.24 bits per heavy atom. The molecule has 1 atom stereocenters. The second-order valence-electron chi connectivity index (χ2n) is 9.06. The van der Waals surface area contributed by atoms with Gasteiger partial charge in [-0.15, -0.1) is 11.8 Å². The van der Waals surface area contributed by atoms with E-state index in [-0.39, 0.29) is 17.3 Å². The van der Waals surface area contributed by atoms with E-state index in [1.165, 1.54) is 28.8 Å². The molecule has 0 heterocycles. The number of carbonyl (C=O) groups is 2. The van der Waals surface area contributed by atoms with Gasteiger partial charge in [-0.2, -0.15) is 0 Å². The van der Waals surface area contributed by atoms with Gasteiger partial charge < -0.3 is 19.7 Å². The number of likely N-dealkylation sites (N-methyl/N-ethyl adjacent to an activating group) is 1. The molecule has 1 N–H and O–H groups in total. The minimum atomic E-state index is -4.16. The number of sulfonamides is 1. The smallest absolute Gasteiger partial charge is 0.264 e. The first-order valence-corrected chi connectivity index (χ1v) is 15.9. The average Bonchev–Trinajstić information content (AvgIpc) is 2.99. The summed E-state index contributed by atoms with van der Waals surface area (Å²) in [5, 5.41) is 2.75. The van der Waals surface area contributed by atoms with Gasteiger partial charge in [-0.05, 0) is 93.3 Å². The van der Waals surface area contributed by atoms with Crippen molar-refractivity contribution in [3.8, 4) is 11.5 Å². The standard InChI is InChI=1S/C30H37N3O6S2/c1-6-31-30(35)22(3)32(20-23-9-8-10-26(19-23)38-4)29(34)21-33(24-11-13-25(14-12-24)39-7-2)41(36,37)28-17-15-27(40-5)16-18-28/h8-19,22H,6-7,20-21H2,1-5H3,(H,31,35).